The maximum absolute atomic E-state index is 12.6. The van der Waals surface area contributed by atoms with Crippen LogP contribution in [0.2, 0.25) is 0 Å². The number of carbonyl (C=O) groups is 2. The lowest BCUT2D eigenvalue weighted by atomic mass is 9.60. The van der Waals surface area contributed by atoms with Gasteiger partial charge in [0.25, 0.3) is 0 Å². The van der Waals surface area contributed by atoms with Crippen LogP contribution in [0, 0.1) is 23.2 Å². The standard InChI is InChI=1S/C16H30O4/c1-8-13(14(17)19-9-2)16(11(4)5,12(6)7)15(18)20-10-3/h11-13H,8-10H2,1-7H3. The first kappa shape index (κ1) is 18.9. The Labute approximate surface area is 123 Å². The van der Waals surface area contributed by atoms with Crippen molar-refractivity contribution in [1.82, 2.24) is 0 Å². The Balaban J connectivity index is 5.80. The van der Waals surface area contributed by atoms with Crippen molar-refractivity contribution >= 4 is 11.9 Å². The highest BCUT2D eigenvalue weighted by Crippen LogP contribution is 2.46. The number of hydrogen-bond donors (Lipinski definition) is 0. The molecule has 0 aromatic heterocycles. The van der Waals surface area contributed by atoms with E-state index in [9.17, 15) is 9.59 Å². The summed E-state index contributed by atoms with van der Waals surface area (Å²) >= 11 is 0. The van der Waals surface area contributed by atoms with Crippen LogP contribution < -0.4 is 0 Å². The second-order valence-electron chi connectivity index (χ2n) is 5.68. The zero-order valence-corrected chi connectivity index (χ0v) is 14.0. The molecular weight excluding hydrogens is 256 g/mol. The Bertz CT molecular complexity index is 312. The van der Waals surface area contributed by atoms with Crippen molar-refractivity contribution in [3.8, 4) is 0 Å². The van der Waals surface area contributed by atoms with Crippen molar-refractivity contribution in [3.63, 3.8) is 0 Å². The number of esters is 2. The second kappa shape index (κ2) is 8.28. The van der Waals surface area contributed by atoms with E-state index in [4.69, 9.17) is 9.47 Å². The molecule has 20 heavy (non-hydrogen) atoms. The van der Waals surface area contributed by atoms with Crippen LogP contribution in [0.4, 0.5) is 0 Å². The lowest BCUT2D eigenvalue weighted by Gasteiger charge is -2.43. The van der Waals surface area contributed by atoms with Gasteiger partial charge in [0.15, 0.2) is 0 Å². The van der Waals surface area contributed by atoms with E-state index in [0.29, 0.717) is 19.6 Å². The third-order valence-corrected chi connectivity index (χ3v) is 4.10. The van der Waals surface area contributed by atoms with Gasteiger partial charge in [-0.25, -0.2) is 0 Å². The van der Waals surface area contributed by atoms with Crippen molar-refractivity contribution in [2.45, 2.75) is 54.9 Å². The van der Waals surface area contributed by atoms with Crippen LogP contribution in [0.3, 0.4) is 0 Å². The summed E-state index contributed by atoms with van der Waals surface area (Å²) in [6.07, 6.45) is 0.563. The van der Waals surface area contributed by atoms with Gasteiger partial charge < -0.3 is 9.47 Å². The monoisotopic (exact) mass is 286 g/mol. The predicted molar refractivity (Wildman–Crippen MR) is 79.2 cm³/mol. The fourth-order valence-electron chi connectivity index (χ4n) is 3.28. The zero-order chi connectivity index (χ0) is 15.9. The van der Waals surface area contributed by atoms with Gasteiger partial charge in [0.05, 0.1) is 24.5 Å². The summed E-state index contributed by atoms with van der Waals surface area (Å²) in [5.41, 5.74) is -0.836. The lowest BCUT2D eigenvalue weighted by Crippen LogP contribution is -2.51. The van der Waals surface area contributed by atoms with Crippen LogP contribution in [0.5, 0.6) is 0 Å². The molecule has 0 heterocycles. The molecule has 118 valence electrons. The molecule has 0 saturated heterocycles. The summed E-state index contributed by atoms with van der Waals surface area (Å²) in [5, 5.41) is 0. The molecule has 0 aliphatic carbocycles. The Kier molecular flexibility index (Phi) is 7.84. The molecule has 0 aliphatic heterocycles. The molecule has 0 aromatic rings. The lowest BCUT2D eigenvalue weighted by molar-refractivity contribution is -0.178. The van der Waals surface area contributed by atoms with E-state index in [2.05, 4.69) is 0 Å². The number of hydrogen-bond acceptors (Lipinski definition) is 4. The topological polar surface area (TPSA) is 52.6 Å². The highest BCUT2D eigenvalue weighted by atomic mass is 16.5. The van der Waals surface area contributed by atoms with Gasteiger partial charge in [-0.3, -0.25) is 9.59 Å². The summed E-state index contributed by atoms with van der Waals surface area (Å²) in [6, 6.07) is 0. The third kappa shape index (κ3) is 3.53. The maximum atomic E-state index is 12.6. The van der Waals surface area contributed by atoms with Crippen molar-refractivity contribution in [1.29, 1.82) is 0 Å². The van der Waals surface area contributed by atoms with Gasteiger partial charge in [-0.2, -0.15) is 0 Å². The van der Waals surface area contributed by atoms with E-state index in [1.165, 1.54) is 0 Å². The molecule has 1 unspecified atom stereocenters. The van der Waals surface area contributed by atoms with E-state index >= 15 is 0 Å². The summed E-state index contributed by atoms with van der Waals surface area (Å²) in [6.45, 7) is 14.0. The maximum Gasteiger partial charge on any atom is 0.313 e. The van der Waals surface area contributed by atoms with Crippen molar-refractivity contribution in [2.24, 2.45) is 23.2 Å². The fourth-order valence-corrected chi connectivity index (χ4v) is 3.28. The summed E-state index contributed by atoms with van der Waals surface area (Å²) in [4.78, 5) is 24.9. The molecule has 4 heteroatoms. The van der Waals surface area contributed by atoms with E-state index in [0.717, 1.165) is 0 Å². The summed E-state index contributed by atoms with van der Waals surface area (Å²) in [5.74, 6) is -1.07. The van der Waals surface area contributed by atoms with Crippen molar-refractivity contribution in [3.05, 3.63) is 0 Å². The average Bonchev–Trinajstić information content (AvgIpc) is 2.34. The largest absolute Gasteiger partial charge is 0.466 e. The van der Waals surface area contributed by atoms with Gasteiger partial charge in [-0.05, 0) is 32.1 Å². The first-order chi connectivity index (χ1) is 9.30. The van der Waals surface area contributed by atoms with Gasteiger partial charge >= 0.3 is 11.9 Å². The fraction of sp³-hybridized carbons (Fsp3) is 0.875. The van der Waals surface area contributed by atoms with E-state index in [1.54, 1.807) is 13.8 Å². The van der Waals surface area contributed by atoms with Crippen LogP contribution in [0.1, 0.15) is 54.9 Å². The first-order valence-electron chi connectivity index (χ1n) is 7.64. The first-order valence-corrected chi connectivity index (χ1v) is 7.64. The van der Waals surface area contributed by atoms with Crippen LogP contribution in [0.25, 0.3) is 0 Å². The van der Waals surface area contributed by atoms with E-state index in [-0.39, 0.29) is 23.8 Å². The molecule has 1 atom stereocenters. The van der Waals surface area contributed by atoms with Gasteiger partial charge in [0.2, 0.25) is 0 Å². The van der Waals surface area contributed by atoms with Gasteiger partial charge in [0.1, 0.15) is 0 Å². The molecule has 0 bridgehead atoms. The molecule has 4 nitrogen and oxygen atoms in total. The predicted octanol–water partition coefficient (Wildman–Crippen LogP) is 3.44. The van der Waals surface area contributed by atoms with Gasteiger partial charge in [-0.1, -0.05) is 34.6 Å². The minimum atomic E-state index is -0.836. The molecule has 0 radical (unpaired) electrons. The number of rotatable bonds is 8. The minimum absolute atomic E-state index is 0.00379. The Hall–Kier alpha value is -1.06. The molecule has 0 rings (SSSR count). The average molecular weight is 286 g/mol. The Morgan fingerprint density at radius 3 is 1.65 bits per heavy atom. The molecule has 0 fully saturated rings. The summed E-state index contributed by atoms with van der Waals surface area (Å²) < 4.78 is 10.5. The molecule has 0 N–H and O–H groups in total. The second-order valence-corrected chi connectivity index (χ2v) is 5.68. The van der Waals surface area contributed by atoms with Crippen LogP contribution >= 0.6 is 0 Å². The molecular formula is C16H30O4. The van der Waals surface area contributed by atoms with Gasteiger partial charge in [-0.15, -0.1) is 0 Å². The number of carbonyl (C=O) groups excluding carboxylic acids is 2. The normalized spacial score (nSPS) is 13.4. The van der Waals surface area contributed by atoms with Crippen LogP contribution in [-0.2, 0) is 19.1 Å². The highest BCUT2D eigenvalue weighted by molar-refractivity contribution is 5.86. The Morgan fingerprint density at radius 1 is 0.900 bits per heavy atom. The third-order valence-electron chi connectivity index (χ3n) is 4.10. The number of ether oxygens (including phenoxy) is 2. The molecule has 0 aliphatic rings. The van der Waals surface area contributed by atoms with Crippen molar-refractivity contribution < 1.29 is 19.1 Å². The molecule has 0 spiro atoms. The Morgan fingerprint density at radius 2 is 1.35 bits per heavy atom. The molecule has 0 amide bonds. The minimum Gasteiger partial charge on any atom is -0.466 e. The quantitative estimate of drug-likeness (QED) is 0.641. The summed E-state index contributed by atoms with van der Waals surface area (Å²) in [7, 11) is 0. The van der Waals surface area contributed by atoms with E-state index < -0.39 is 11.3 Å². The van der Waals surface area contributed by atoms with E-state index in [1.807, 2.05) is 34.6 Å². The highest BCUT2D eigenvalue weighted by Gasteiger charge is 2.54. The smallest absolute Gasteiger partial charge is 0.313 e. The van der Waals surface area contributed by atoms with Crippen LogP contribution in [-0.4, -0.2) is 25.2 Å². The van der Waals surface area contributed by atoms with Crippen molar-refractivity contribution in [2.75, 3.05) is 13.2 Å². The zero-order valence-electron chi connectivity index (χ0n) is 14.0. The van der Waals surface area contributed by atoms with Gasteiger partial charge in [0, 0.05) is 0 Å². The van der Waals surface area contributed by atoms with Crippen LogP contribution in [0.15, 0.2) is 0 Å². The molecule has 0 saturated carbocycles. The SMILES string of the molecule is CCOC(=O)C(CC)C(C(=O)OCC)(C(C)C)C(C)C. The molecule has 0 aromatic carbocycles.